The molecule has 0 saturated heterocycles. The molecular formula is C32H17N9. The smallest absolute Gasteiger partial charge is 0.166 e. The van der Waals surface area contributed by atoms with Gasteiger partial charge in [0.2, 0.25) is 0 Å². The molecule has 6 bridgehead atoms. The molecule has 0 aliphatic carbocycles. The van der Waals surface area contributed by atoms with Crippen LogP contribution in [0.25, 0.3) is 21.5 Å². The van der Waals surface area contributed by atoms with Gasteiger partial charge in [-0.25, -0.2) is 30.0 Å². The summed E-state index contributed by atoms with van der Waals surface area (Å²) in [5.74, 6) is 4.00. The highest BCUT2D eigenvalue weighted by Crippen LogP contribution is 2.40. The summed E-state index contributed by atoms with van der Waals surface area (Å²) in [6.45, 7) is 0.498. The minimum atomic E-state index is 0.498. The quantitative estimate of drug-likeness (QED) is 0.286. The molecule has 7 heterocycles. The van der Waals surface area contributed by atoms with E-state index in [-0.39, 0.29) is 0 Å². The predicted octanol–water partition coefficient (Wildman–Crippen LogP) is 4.44. The standard InChI is InChI=1S/C32H17N9/c1-2-8-18-17(7-1)25-34-26(18)37-29-20-9-3-5-11-22(20)31-39-32-23-12-6-4-10-21(23)30(41(32)16-40(29)31)38-27-19-13-14-33-15-24(19)28(35-25)36-27/h1-15H,16H2/b35-25?,35-28-,37-26-,37-29?,38-27?,38-30-. The first-order chi connectivity index (χ1) is 20.3. The SMILES string of the molecule is c1ccc2c(c1)C1=NC/2=N\c2c3ccccc3c3n2Cn2c(c4ccccc4/c2=N/C2=NC(=N\1)/c1cnccc12)=N3. The van der Waals surface area contributed by atoms with Crippen molar-refractivity contribution in [1.29, 1.82) is 0 Å². The largest absolute Gasteiger partial charge is 0.291 e. The van der Waals surface area contributed by atoms with Crippen molar-refractivity contribution in [2.75, 3.05) is 0 Å². The molecule has 0 unspecified atom stereocenters. The molecule has 6 aromatic rings. The number of pyridine rings is 1. The molecule has 0 N–H and O–H groups in total. The van der Waals surface area contributed by atoms with Gasteiger partial charge in [0.25, 0.3) is 0 Å². The summed E-state index contributed by atoms with van der Waals surface area (Å²) in [5, 5.41) is 4.13. The summed E-state index contributed by atoms with van der Waals surface area (Å²) in [5.41, 5.74) is 5.22. The van der Waals surface area contributed by atoms with Crippen LogP contribution >= 0.6 is 0 Å². The van der Waals surface area contributed by atoms with Crippen LogP contribution in [0.5, 0.6) is 0 Å². The second-order valence-corrected chi connectivity index (χ2v) is 10.3. The highest BCUT2D eigenvalue weighted by Gasteiger charge is 2.29. The van der Waals surface area contributed by atoms with Crippen LogP contribution in [0.15, 0.2) is 121 Å². The lowest BCUT2D eigenvalue weighted by atomic mass is 10.1. The maximum atomic E-state index is 5.26. The zero-order chi connectivity index (χ0) is 26.7. The highest BCUT2D eigenvalue weighted by molar-refractivity contribution is 6.29. The zero-order valence-electron chi connectivity index (χ0n) is 21.4. The summed E-state index contributed by atoms with van der Waals surface area (Å²) in [7, 11) is 0. The van der Waals surface area contributed by atoms with Crippen LogP contribution in [-0.2, 0) is 6.67 Å². The van der Waals surface area contributed by atoms with Crippen LogP contribution in [0, 0.1) is 0 Å². The van der Waals surface area contributed by atoms with Crippen molar-refractivity contribution in [2.24, 2.45) is 30.0 Å². The van der Waals surface area contributed by atoms with E-state index >= 15 is 0 Å². The Hall–Kier alpha value is -5.83. The van der Waals surface area contributed by atoms with Gasteiger partial charge in [-0.3, -0.25) is 14.1 Å². The number of hydrogen-bond donors (Lipinski definition) is 0. The van der Waals surface area contributed by atoms with E-state index in [0.717, 1.165) is 66.4 Å². The van der Waals surface area contributed by atoms with E-state index in [2.05, 4.69) is 38.4 Å². The van der Waals surface area contributed by atoms with Crippen molar-refractivity contribution >= 4 is 56.5 Å². The fourth-order valence-corrected chi connectivity index (χ4v) is 6.24. The monoisotopic (exact) mass is 527 g/mol. The van der Waals surface area contributed by atoms with E-state index in [9.17, 15) is 0 Å². The van der Waals surface area contributed by atoms with Gasteiger partial charge in [0.05, 0.1) is 0 Å². The number of benzene rings is 3. The molecule has 9 nitrogen and oxygen atoms in total. The average molecular weight is 528 g/mol. The highest BCUT2D eigenvalue weighted by atomic mass is 15.3. The second-order valence-electron chi connectivity index (χ2n) is 10.3. The first kappa shape index (κ1) is 21.0. The fourth-order valence-electron chi connectivity index (χ4n) is 6.24. The van der Waals surface area contributed by atoms with E-state index in [4.69, 9.17) is 30.0 Å². The number of nitrogens with zero attached hydrogens (tertiary/aromatic N) is 9. The van der Waals surface area contributed by atoms with Crippen LogP contribution < -0.4 is 11.0 Å². The van der Waals surface area contributed by atoms with Crippen molar-refractivity contribution in [2.45, 2.75) is 6.67 Å². The minimum absolute atomic E-state index is 0.498. The Morgan fingerprint density at radius 3 is 1.66 bits per heavy atom. The Morgan fingerprint density at radius 2 is 0.951 bits per heavy atom. The van der Waals surface area contributed by atoms with Gasteiger partial charge < -0.3 is 0 Å². The van der Waals surface area contributed by atoms with Gasteiger partial charge in [-0.2, -0.15) is 0 Å². The minimum Gasteiger partial charge on any atom is -0.291 e. The summed E-state index contributed by atoms with van der Waals surface area (Å²) in [4.78, 5) is 34.9. The lowest BCUT2D eigenvalue weighted by Crippen LogP contribution is -2.33. The lowest BCUT2D eigenvalue weighted by molar-refractivity contribution is 0.561. The zero-order valence-corrected chi connectivity index (χ0v) is 21.4. The summed E-state index contributed by atoms with van der Waals surface area (Å²) in [6, 6.07) is 26.6. The number of fused-ring (bicyclic) bond motifs is 14. The van der Waals surface area contributed by atoms with Gasteiger partial charge in [-0.05, 0) is 6.07 Å². The number of hydrogen-bond acceptors (Lipinski definition) is 7. The number of rotatable bonds is 0. The molecule has 41 heavy (non-hydrogen) atoms. The Morgan fingerprint density at radius 1 is 0.439 bits per heavy atom. The van der Waals surface area contributed by atoms with Crippen molar-refractivity contribution in [3.63, 3.8) is 0 Å². The normalized spacial score (nSPS) is 19.1. The molecule has 0 radical (unpaired) electrons. The Bertz CT molecular complexity index is 2450. The van der Waals surface area contributed by atoms with E-state index in [1.54, 1.807) is 12.4 Å². The molecule has 9 heteroatoms. The second kappa shape index (κ2) is 7.42. The van der Waals surface area contributed by atoms with Crippen LogP contribution in [0.3, 0.4) is 0 Å². The van der Waals surface area contributed by atoms with Gasteiger partial charge >= 0.3 is 0 Å². The maximum absolute atomic E-state index is 5.26. The molecule has 3 aromatic carbocycles. The Kier molecular flexibility index (Phi) is 3.81. The topological polar surface area (TPSA) is 96.9 Å². The third kappa shape index (κ3) is 2.71. The molecule has 10 rings (SSSR count). The summed E-state index contributed by atoms with van der Waals surface area (Å²) in [6.07, 6.45) is 3.55. The lowest BCUT2D eigenvalue weighted by Gasteiger charge is -2.15. The molecule has 0 atom stereocenters. The van der Waals surface area contributed by atoms with E-state index < -0.39 is 0 Å². The van der Waals surface area contributed by atoms with E-state index in [1.807, 2.05) is 54.6 Å². The summed E-state index contributed by atoms with van der Waals surface area (Å²) >= 11 is 0. The van der Waals surface area contributed by atoms with Gasteiger partial charge in [-0.15, -0.1) is 0 Å². The third-order valence-electron chi connectivity index (χ3n) is 8.11. The maximum Gasteiger partial charge on any atom is 0.166 e. The van der Waals surface area contributed by atoms with Crippen molar-refractivity contribution in [3.05, 3.63) is 124 Å². The van der Waals surface area contributed by atoms with Gasteiger partial charge in [0, 0.05) is 56.2 Å². The molecule has 0 spiro atoms. The van der Waals surface area contributed by atoms with Crippen molar-refractivity contribution in [1.82, 2.24) is 14.1 Å². The Labute approximate surface area is 231 Å². The van der Waals surface area contributed by atoms with Gasteiger partial charge in [0.1, 0.15) is 29.3 Å². The fraction of sp³-hybridized carbons (Fsp3) is 0.0312. The van der Waals surface area contributed by atoms with Crippen molar-refractivity contribution in [3.8, 4) is 0 Å². The molecule has 0 amide bonds. The molecule has 3 aromatic heterocycles. The van der Waals surface area contributed by atoms with E-state index in [1.165, 1.54) is 0 Å². The number of aliphatic imine (C=N–C) groups is 4. The van der Waals surface area contributed by atoms with Gasteiger partial charge in [-0.1, -0.05) is 72.8 Å². The third-order valence-corrected chi connectivity index (χ3v) is 8.11. The van der Waals surface area contributed by atoms with Crippen molar-refractivity contribution < 1.29 is 0 Å². The number of amidine groups is 4. The van der Waals surface area contributed by atoms with E-state index in [0.29, 0.717) is 30.0 Å². The molecule has 4 aliphatic heterocycles. The molecule has 0 fully saturated rings. The van der Waals surface area contributed by atoms with Crippen LogP contribution in [-0.4, -0.2) is 37.5 Å². The van der Waals surface area contributed by atoms with Gasteiger partial charge in [0.15, 0.2) is 23.3 Å². The Balaban J connectivity index is 1.41. The molecule has 0 saturated carbocycles. The molecular weight excluding hydrogens is 510 g/mol. The predicted molar refractivity (Wildman–Crippen MR) is 158 cm³/mol. The van der Waals surface area contributed by atoms with Crippen LogP contribution in [0.1, 0.15) is 22.3 Å². The molecule has 190 valence electrons. The first-order valence-corrected chi connectivity index (χ1v) is 13.4. The molecule has 4 aliphatic rings. The van der Waals surface area contributed by atoms with Crippen LogP contribution in [0.2, 0.25) is 0 Å². The number of aromatic nitrogens is 3. The average Bonchev–Trinajstić information content (AvgIpc) is 3.73. The van der Waals surface area contributed by atoms with Crippen LogP contribution in [0.4, 0.5) is 11.6 Å². The summed E-state index contributed by atoms with van der Waals surface area (Å²) < 4.78 is 4.31. The first-order valence-electron chi connectivity index (χ1n) is 13.4.